The van der Waals surface area contributed by atoms with Gasteiger partial charge in [-0.1, -0.05) is 0 Å². The number of hydrogen-bond donors (Lipinski definition) is 3. The van der Waals surface area contributed by atoms with E-state index in [1.807, 2.05) is 0 Å². The van der Waals surface area contributed by atoms with Crippen molar-refractivity contribution in [3.63, 3.8) is 0 Å². The Morgan fingerprint density at radius 2 is 2.35 bits per heavy atom. The highest BCUT2D eigenvalue weighted by atomic mass is 32.2. The van der Waals surface area contributed by atoms with E-state index in [-0.39, 0.29) is 0 Å². The van der Waals surface area contributed by atoms with Gasteiger partial charge in [0.1, 0.15) is 22.9 Å². The zero-order valence-electron chi connectivity index (χ0n) is 8.83. The molecular formula is C9H11N5O2S. The van der Waals surface area contributed by atoms with Crippen LogP contribution in [0, 0.1) is 0 Å². The molecule has 0 spiro atoms. The number of rotatable bonds is 5. The van der Waals surface area contributed by atoms with Crippen LogP contribution in [0.3, 0.4) is 0 Å². The van der Waals surface area contributed by atoms with Crippen LogP contribution in [0.15, 0.2) is 17.7 Å². The first-order chi connectivity index (χ1) is 8.18. The molecule has 0 radical (unpaired) electrons. The molecule has 0 aliphatic carbocycles. The SMILES string of the molecule is NC(CCSc1ncnc2[nH]cnc12)C(=O)O. The number of nitrogens with one attached hydrogen (secondary N) is 1. The summed E-state index contributed by atoms with van der Waals surface area (Å²) >= 11 is 1.42. The smallest absolute Gasteiger partial charge is 0.320 e. The molecule has 1 atom stereocenters. The molecule has 0 fully saturated rings. The maximum atomic E-state index is 10.5. The first kappa shape index (κ1) is 11.8. The Kier molecular flexibility index (Phi) is 3.55. The molecule has 2 rings (SSSR count). The average molecular weight is 253 g/mol. The van der Waals surface area contributed by atoms with Crippen molar-refractivity contribution in [2.45, 2.75) is 17.5 Å². The highest BCUT2D eigenvalue weighted by molar-refractivity contribution is 7.99. The van der Waals surface area contributed by atoms with Crippen molar-refractivity contribution in [2.75, 3.05) is 5.75 Å². The van der Waals surface area contributed by atoms with Gasteiger partial charge in [-0.15, -0.1) is 11.8 Å². The molecule has 2 aromatic rings. The summed E-state index contributed by atoms with van der Waals surface area (Å²) in [6.45, 7) is 0. The molecule has 0 amide bonds. The Balaban J connectivity index is 1.99. The molecule has 0 aliphatic heterocycles. The maximum absolute atomic E-state index is 10.5. The number of carboxylic acids is 1. The van der Waals surface area contributed by atoms with Gasteiger partial charge in [0, 0.05) is 5.75 Å². The monoisotopic (exact) mass is 253 g/mol. The lowest BCUT2D eigenvalue weighted by Crippen LogP contribution is -2.30. The van der Waals surface area contributed by atoms with Crippen LogP contribution in [0.5, 0.6) is 0 Å². The number of H-pyrrole nitrogens is 1. The molecule has 2 heterocycles. The molecule has 2 aromatic heterocycles. The maximum Gasteiger partial charge on any atom is 0.320 e. The topological polar surface area (TPSA) is 118 Å². The number of imidazole rings is 1. The number of nitrogens with two attached hydrogens (primary N) is 1. The average Bonchev–Trinajstić information content (AvgIpc) is 2.77. The number of aromatic nitrogens is 4. The van der Waals surface area contributed by atoms with Crippen LogP contribution in [-0.2, 0) is 4.79 Å². The fourth-order valence-corrected chi connectivity index (χ4v) is 2.23. The van der Waals surface area contributed by atoms with E-state index in [4.69, 9.17) is 10.8 Å². The van der Waals surface area contributed by atoms with Crippen LogP contribution in [0.4, 0.5) is 0 Å². The predicted molar refractivity (Wildman–Crippen MR) is 62.6 cm³/mol. The van der Waals surface area contributed by atoms with E-state index in [0.717, 1.165) is 5.03 Å². The van der Waals surface area contributed by atoms with Crippen LogP contribution in [-0.4, -0.2) is 42.8 Å². The van der Waals surface area contributed by atoms with Gasteiger partial charge in [0.15, 0.2) is 5.65 Å². The lowest BCUT2D eigenvalue weighted by atomic mass is 10.2. The normalized spacial score (nSPS) is 12.8. The van der Waals surface area contributed by atoms with Crippen molar-refractivity contribution >= 4 is 28.9 Å². The van der Waals surface area contributed by atoms with Crippen LogP contribution in [0.1, 0.15) is 6.42 Å². The predicted octanol–water partition coefficient (Wildman–Crippen LogP) is 0.247. The van der Waals surface area contributed by atoms with E-state index in [9.17, 15) is 4.79 Å². The summed E-state index contributed by atoms with van der Waals surface area (Å²) in [4.78, 5) is 25.6. The number of aliphatic carboxylic acids is 1. The summed E-state index contributed by atoms with van der Waals surface area (Å²) in [6, 6.07) is -0.834. The van der Waals surface area contributed by atoms with Gasteiger partial charge in [-0.05, 0) is 6.42 Å². The molecule has 0 aromatic carbocycles. The standard InChI is InChI=1S/C9H11N5O2S/c10-5(9(15)16)1-2-17-8-6-7(12-3-11-6)13-4-14-8/h3-5H,1-2,10H2,(H,15,16)(H,11,12,13,14). The summed E-state index contributed by atoms with van der Waals surface area (Å²) in [7, 11) is 0. The minimum Gasteiger partial charge on any atom is -0.480 e. The minimum absolute atomic E-state index is 0.385. The Labute approximate surface area is 101 Å². The Hall–Kier alpha value is -1.67. The molecule has 4 N–H and O–H groups in total. The van der Waals surface area contributed by atoms with E-state index >= 15 is 0 Å². The molecule has 0 saturated carbocycles. The first-order valence-electron chi connectivity index (χ1n) is 4.93. The molecule has 1 unspecified atom stereocenters. The van der Waals surface area contributed by atoms with Gasteiger partial charge in [-0.2, -0.15) is 0 Å². The lowest BCUT2D eigenvalue weighted by molar-refractivity contribution is -0.138. The van der Waals surface area contributed by atoms with Crippen molar-refractivity contribution in [3.8, 4) is 0 Å². The van der Waals surface area contributed by atoms with E-state index in [0.29, 0.717) is 23.3 Å². The van der Waals surface area contributed by atoms with Gasteiger partial charge in [0.25, 0.3) is 0 Å². The van der Waals surface area contributed by atoms with Crippen molar-refractivity contribution < 1.29 is 9.90 Å². The fourth-order valence-electron chi connectivity index (χ4n) is 1.25. The molecule has 90 valence electrons. The number of nitrogens with zero attached hydrogens (tertiary/aromatic N) is 3. The van der Waals surface area contributed by atoms with Gasteiger partial charge in [0.05, 0.1) is 6.33 Å². The zero-order chi connectivity index (χ0) is 12.3. The molecule has 8 heteroatoms. The van der Waals surface area contributed by atoms with Gasteiger partial charge in [0.2, 0.25) is 0 Å². The number of fused-ring (bicyclic) bond motifs is 1. The Morgan fingerprint density at radius 3 is 3.12 bits per heavy atom. The van der Waals surface area contributed by atoms with Gasteiger partial charge in [-0.3, -0.25) is 4.79 Å². The first-order valence-corrected chi connectivity index (χ1v) is 5.92. The highest BCUT2D eigenvalue weighted by Crippen LogP contribution is 2.22. The number of hydrogen-bond acceptors (Lipinski definition) is 6. The molecule has 0 bridgehead atoms. The van der Waals surface area contributed by atoms with Crippen LogP contribution in [0.25, 0.3) is 11.2 Å². The van der Waals surface area contributed by atoms with Crippen molar-refractivity contribution in [3.05, 3.63) is 12.7 Å². The summed E-state index contributed by atoms with van der Waals surface area (Å²) in [5.74, 6) is -0.412. The summed E-state index contributed by atoms with van der Waals surface area (Å²) in [6.07, 6.45) is 3.38. The second-order valence-corrected chi connectivity index (χ2v) is 4.44. The second-order valence-electron chi connectivity index (χ2n) is 3.36. The van der Waals surface area contributed by atoms with Gasteiger partial charge >= 0.3 is 5.97 Å². The Morgan fingerprint density at radius 1 is 1.53 bits per heavy atom. The van der Waals surface area contributed by atoms with Crippen LogP contribution < -0.4 is 5.73 Å². The molecule has 7 nitrogen and oxygen atoms in total. The van der Waals surface area contributed by atoms with E-state index in [1.54, 1.807) is 6.33 Å². The molecular weight excluding hydrogens is 242 g/mol. The zero-order valence-corrected chi connectivity index (χ0v) is 9.65. The van der Waals surface area contributed by atoms with Crippen molar-refractivity contribution in [2.24, 2.45) is 5.73 Å². The second kappa shape index (κ2) is 5.11. The Bertz CT molecular complexity index is 529. The van der Waals surface area contributed by atoms with Gasteiger partial charge < -0.3 is 15.8 Å². The number of carbonyl (C=O) groups is 1. The lowest BCUT2D eigenvalue weighted by Gasteiger charge is -2.05. The van der Waals surface area contributed by atoms with Crippen molar-refractivity contribution in [1.82, 2.24) is 19.9 Å². The summed E-state index contributed by atoms with van der Waals surface area (Å²) in [5, 5.41) is 9.37. The fraction of sp³-hybridized carbons (Fsp3) is 0.333. The van der Waals surface area contributed by atoms with Crippen LogP contribution >= 0.6 is 11.8 Å². The number of thioether (sulfide) groups is 1. The number of aromatic amines is 1. The van der Waals surface area contributed by atoms with E-state index < -0.39 is 12.0 Å². The van der Waals surface area contributed by atoms with E-state index in [2.05, 4.69) is 19.9 Å². The quantitative estimate of drug-likeness (QED) is 0.516. The highest BCUT2D eigenvalue weighted by Gasteiger charge is 2.12. The van der Waals surface area contributed by atoms with E-state index in [1.165, 1.54) is 18.1 Å². The third kappa shape index (κ3) is 2.71. The molecule has 17 heavy (non-hydrogen) atoms. The largest absolute Gasteiger partial charge is 0.480 e. The molecule has 0 aliphatic rings. The third-order valence-electron chi connectivity index (χ3n) is 2.17. The van der Waals surface area contributed by atoms with Gasteiger partial charge in [-0.25, -0.2) is 15.0 Å². The number of carboxylic acid groups (broad SMARTS) is 1. The van der Waals surface area contributed by atoms with Crippen molar-refractivity contribution in [1.29, 1.82) is 0 Å². The third-order valence-corrected chi connectivity index (χ3v) is 3.18. The molecule has 0 saturated heterocycles. The summed E-state index contributed by atoms with van der Waals surface area (Å²) in [5.41, 5.74) is 6.77. The summed E-state index contributed by atoms with van der Waals surface area (Å²) < 4.78 is 0. The minimum atomic E-state index is -0.988. The van der Waals surface area contributed by atoms with Crippen LogP contribution in [0.2, 0.25) is 0 Å².